The summed E-state index contributed by atoms with van der Waals surface area (Å²) in [5.41, 5.74) is 4.45. The van der Waals surface area contributed by atoms with Crippen LogP contribution in [0.2, 0.25) is 0 Å². The molecule has 0 bridgehead atoms. The Labute approximate surface area is 161 Å². The molecule has 0 aliphatic carbocycles. The van der Waals surface area contributed by atoms with E-state index in [-0.39, 0.29) is 5.91 Å². The molecule has 2 aromatic heterocycles. The summed E-state index contributed by atoms with van der Waals surface area (Å²) in [7, 11) is 7.98. The maximum Gasteiger partial charge on any atom is 0.272 e. The Morgan fingerprint density at radius 3 is 2.30 bits per heavy atom. The van der Waals surface area contributed by atoms with Gasteiger partial charge in [-0.2, -0.15) is 10.2 Å². The predicted molar refractivity (Wildman–Crippen MR) is 107 cm³/mol. The fourth-order valence-corrected chi connectivity index (χ4v) is 4.27. The van der Waals surface area contributed by atoms with E-state index in [1.807, 2.05) is 43.6 Å². The fraction of sp³-hybridized carbons (Fsp3) is 0.650. The van der Waals surface area contributed by atoms with Crippen molar-refractivity contribution >= 4 is 5.91 Å². The molecule has 1 saturated heterocycles. The van der Waals surface area contributed by atoms with Crippen LogP contribution in [0.1, 0.15) is 35.7 Å². The van der Waals surface area contributed by atoms with E-state index in [1.54, 1.807) is 4.68 Å². The number of carbonyl (C=O) groups excluding carboxylic acids is 1. The monoisotopic (exact) mass is 372 g/mol. The van der Waals surface area contributed by atoms with Crippen LogP contribution in [-0.2, 0) is 14.1 Å². The second-order valence-corrected chi connectivity index (χ2v) is 8.36. The molecule has 7 nitrogen and oxygen atoms in total. The lowest BCUT2D eigenvalue weighted by atomic mass is 9.91. The van der Waals surface area contributed by atoms with E-state index in [9.17, 15) is 4.79 Å². The summed E-state index contributed by atoms with van der Waals surface area (Å²) in [6, 6.07) is 2.30. The lowest BCUT2D eigenvalue weighted by Gasteiger charge is -2.27. The third-order valence-electron chi connectivity index (χ3n) is 6.00. The zero-order valence-electron chi connectivity index (χ0n) is 17.8. The molecule has 7 heteroatoms. The van der Waals surface area contributed by atoms with E-state index < -0.39 is 0 Å². The van der Waals surface area contributed by atoms with Crippen LogP contribution < -0.4 is 0 Å². The maximum absolute atomic E-state index is 13.2. The normalized spacial score (nSPS) is 20.3. The van der Waals surface area contributed by atoms with Gasteiger partial charge in [0.15, 0.2) is 0 Å². The van der Waals surface area contributed by atoms with Gasteiger partial charge in [0.2, 0.25) is 0 Å². The number of hydrogen-bond donors (Lipinski definition) is 0. The first-order valence-electron chi connectivity index (χ1n) is 9.62. The third-order valence-corrected chi connectivity index (χ3v) is 6.00. The molecule has 3 heterocycles. The van der Waals surface area contributed by atoms with E-state index in [2.05, 4.69) is 43.0 Å². The zero-order valence-corrected chi connectivity index (χ0v) is 17.8. The minimum absolute atomic E-state index is 0.0606. The summed E-state index contributed by atoms with van der Waals surface area (Å²) in [4.78, 5) is 17.5. The molecular weight excluding hydrogens is 340 g/mol. The van der Waals surface area contributed by atoms with Gasteiger partial charge in [0.05, 0.1) is 11.4 Å². The van der Waals surface area contributed by atoms with Crippen LogP contribution in [0.4, 0.5) is 0 Å². The van der Waals surface area contributed by atoms with Crippen molar-refractivity contribution in [3.8, 4) is 11.3 Å². The summed E-state index contributed by atoms with van der Waals surface area (Å²) in [6.45, 7) is 10.1. The second kappa shape index (κ2) is 7.11. The van der Waals surface area contributed by atoms with E-state index in [1.165, 1.54) is 0 Å². The average molecular weight is 373 g/mol. The topological polar surface area (TPSA) is 59.2 Å². The number of rotatable bonds is 4. The number of aryl methyl sites for hydroxylation is 3. The minimum Gasteiger partial charge on any atom is -0.335 e. The predicted octanol–water partition coefficient (Wildman–Crippen LogP) is 2.10. The molecule has 1 aliphatic rings. The van der Waals surface area contributed by atoms with E-state index in [4.69, 9.17) is 0 Å². The molecule has 0 unspecified atom stereocenters. The average Bonchev–Trinajstić information content (AvgIpc) is 3.24. The van der Waals surface area contributed by atoms with Gasteiger partial charge in [0, 0.05) is 44.5 Å². The molecule has 1 aliphatic heterocycles. The number of amides is 1. The molecular formula is C20H32N6O. The summed E-state index contributed by atoms with van der Waals surface area (Å²) < 4.78 is 3.56. The van der Waals surface area contributed by atoms with Crippen molar-refractivity contribution in [3.05, 3.63) is 23.1 Å². The van der Waals surface area contributed by atoms with Gasteiger partial charge in [-0.3, -0.25) is 14.2 Å². The van der Waals surface area contributed by atoms with Crippen molar-refractivity contribution in [1.29, 1.82) is 0 Å². The Hall–Kier alpha value is -2.15. The Morgan fingerprint density at radius 2 is 1.81 bits per heavy atom. The first kappa shape index (κ1) is 19.6. The fourth-order valence-electron chi connectivity index (χ4n) is 4.27. The third kappa shape index (κ3) is 3.40. The van der Waals surface area contributed by atoms with Crippen molar-refractivity contribution in [2.75, 3.05) is 27.2 Å². The lowest BCUT2D eigenvalue weighted by molar-refractivity contribution is 0.0769. The summed E-state index contributed by atoms with van der Waals surface area (Å²) in [5.74, 6) is 1.09. The number of hydrogen-bond acceptors (Lipinski definition) is 4. The molecule has 27 heavy (non-hydrogen) atoms. The molecule has 0 spiro atoms. The quantitative estimate of drug-likeness (QED) is 0.825. The number of carbonyl (C=O) groups is 1. The largest absolute Gasteiger partial charge is 0.335 e. The summed E-state index contributed by atoms with van der Waals surface area (Å²) in [5, 5.41) is 9.10. The van der Waals surface area contributed by atoms with Crippen molar-refractivity contribution in [2.24, 2.45) is 25.9 Å². The van der Waals surface area contributed by atoms with Crippen LogP contribution in [0.5, 0.6) is 0 Å². The Balaban J connectivity index is 1.89. The summed E-state index contributed by atoms with van der Waals surface area (Å²) in [6.07, 6.45) is 0. The number of likely N-dealkylation sites (N-methyl/N-ethyl adjacent to an activating group) is 1. The smallest absolute Gasteiger partial charge is 0.272 e. The highest BCUT2D eigenvalue weighted by atomic mass is 16.2. The van der Waals surface area contributed by atoms with Crippen LogP contribution in [0.3, 0.4) is 0 Å². The summed E-state index contributed by atoms with van der Waals surface area (Å²) >= 11 is 0. The molecule has 2 aromatic rings. The van der Waals surface area contributed by atoms with Crippen LogP contribution in [-0.4, -0.2) is 68.5 Å². The first-order chi connectivity index (χ1) is 12.6. The van der Waals surface area contributed by atoms with Crippen molar-refractivity contribution in [2.45, 2.75) is 33.7 Å². The van der Waals surface area contributed by atoms with E-state index >= 15 is 0 Å². The molecule has 0 radical (unpaired) electrons. The highest BCUT2D eigenvalue weighted by Gasteiger charge is 2.39. The molecule has 0 aromatic carbocycles. The van der Waals surface area contributed by atoms with Gasteiger partial charge in [-0.1, -0.05) is 13.8 Å². The molecule has 3 rings (SSSR count). The number of aromatic nitrogens is 4. The Morgan fingerprint density at radius 1 is 1.15 bits per heavy atom. The van der Waals surface area contributed by atoms with Gasteiger partial charge in [-0.25, -0.2) is 0 Å². The van der Waals surface area contributed by atoms with E-state index in [0.717, 1.165) is 35.7 Å². The molecule has 2 atom stereocenters. The SMILES string of the molecule is Cc1nn(C)c(C)c1-c1cc(C(=O)N2C[C@@H](N(C)C)[C@H](C(C)C)C2)n(C)n1. The molecule has 0 N–H and O–H groups in total. The standard InChI is InChI=1S/C20H32N6O/c1-12(2)15-10-26(11-18(15)23(5)6)20(27)17-9-16(22-25(17)8)19-13(3)21-24(7)14(19)4/h9,12,15,18H,10-11H2,1-8H3/t15-,18+/m0/s1. The van der Waals surface area contributed by atoms with Gasteiger partial charge in [0.25, 0.3) is 5.91 Å². The number of nitrogens with zero attached hydrogens (tertiary/aromatic N) is 6. The molecule has 1 amide bonds. The van der Waals surface area contributed by atoms with Crippen LogP contribution in [0.15, 0.2) is 6.07 Å². The number of likely N-dealkylation sites (tertiary alicyclic amines) is 1. The molecule has 148 valence electrons. The van der Waals surface area contributed by atoms with Gasteiger partial charge < -0.3 is 9.80 Å². The Bertz CT molecular complexity index is 831. The van der Waals surface area contributed by atoms with Gasteiger partial charge in [-0.15, -0.1) is 0 Å². The minimum atomic E-state index is 0.0606. The van der Waals surface area contributed by atoms with Crippen molar-refractivity contribution in [1.82, 2.24) is 29.4 Å². The van der Waals surface area contributed by atoms with Gasteiger partial charge in [0.1, 0.15) is 5.69 Å². The zero-order chi connectivity index (χ0) is 20.0. The Kier molecular flexibility index (Phi) is 5.16. The maximum atomic E-state index is 13.2. The van der Waals surface area contributed by atoms with E-state index in [0.29, 0.717) is 23.6 Å². The second-order valence-electron chi connectivity index (χ2n) is 8.36. The van der Waals surface area contributed by atoms with Crippen molar-refractivity contribution in [3.63, 3.8) is 0 Å². The lowest BCUT2D eigenvalue weighted by Crippen LogP contribution is -2.37. The van der Waals surface area contributed by atoms with Crippen LogP contribution in [0.25, 0.3) is 11.3 Å². The molecule has 0 saturated carbocycles. The van der Waals surface area contributed by atoms with Crippen LogP contribution >= 0.6 is 0 Å². The van der Waals surface area contributed by atoms with Crippen molar-refractivity contribution < 1.29 is 4.79 Å². The first-order valence-corrected chi connectivity index (χ1v) is 9.62. The highest BCUT2D eigenvalue weighted by Crippen LogP contribution is 2.30. The van der Waals surface area contributed by atoms with Gasteiger partial charge >= 0.3 is 0 Å². The highest BCUT2D eigenvalue weighted by molar-refractivity contribution is 5.94. The van der Waals surface area contributed by atoms with Crippen LogP contribution in [0, 0.1) is 25.7 Å². The molecule has 1 fully saturated rings. The van der Waals surface area contributed by atoms with Gasteiger partial charge in [-0.05, 0) is 45.8 Å².